The van der Waals surface area contributed by atoms with Crippen LogP contribution in [0, 0.1) is 13.8 Å². The quantitative estimate of drug-likeness (QED) is 0.381. The lowest BCUT2D eigenvalue weighted by atomic mass is 9.93. The predicted octanol–water partition coefficient (Wildman–Crippen LogP) is 5.79. The maximum absolute atomic E-state index is 13.6. The van der Waals surface area contributed by atoms with Gasteiger partial charge < -0.3 is 9.73 Å². The van der Waals surface area contributed by atoms with E-state index in [1.165, 1.54) is 6.92 Å². The number of alkyl halides is 7. The Balaban J connectivity index is 1.87. The SMILES string of the molecule is Cc1c(Cl)cccc1NC(=O)c1oc2c(c1C)/C(=N/NC(=O)C(F)(F)C(F)(F)C(F)(F)F)CCC2. The number of hydrazone groups is 1. The minimum Gasteiger partial charge on any atom is -0.455 e. The van der Waals surface area contributed by atoms with Crippen LogP contribution in [0.4, 0.5) is 36.4 Å². The van der Waals surface area contributed by atoms with Crippen LogP contribution in [0.15, 0.2) is 27.7 Å². The number of hydrogen-bond donors (Lipinski definition) is 2. The number of aryl methyl sites for hydroxylation is 1. The summed E-state index contributed by atoms with van der Waals surface area (Å²) in [6.45, 7) is 3.11. The molecule has 3 rings (SSSR count). The number of carbonyl (C=O) groups excluding carboxylic acids is 2. The zero-order valence-corrected chi connectivity index (χ0v) is 18.8. The number of hydrogen-bond acceptors (Lipinski definition) is 4. The van der Waals surface area contributed by atoms with Gasteiger partial charge in [0.25, 0.3) is 5.91 Å². The van der Waals surface area contributed by atoms with E-state index in [1.807, 2.05) is 0 Å². The molecule has 1 aromatic heterocycles. The highest BCUT2D eigenvalue weighted by Gasteiger charge is 2.76. The van der Waals surface area contributed by atoms with Gasteiger partial charge in [-0.1, -0.05) is 17.7 Å². The second-order valence-corrected chi connectivity index (χ2v) is 8.13. The second kappa shape index (κ2) is 9.17. The Hall–Kier alpha value is -3.09. The van der Waals surface area contributed by atoms with E-state index < -0.39 is 29.8 Å². The predicted molar refractivity (Wildman–Crippen MR) is 111 cm³/mol. The Morgan fingerprint density at radius 3 is 2.31 bits per heavy atom. The highest BCUT2D eigenvalue weighted by molar-refractivity contribution is 6.31. The number of nitrogens with one attached hydrogen (secondary N) is 2. The van der Waals surface area contributed by atoms with E-state index in [2.05, 4.69) is 10.4 Å². The van der Waals surface area contributed by atoms with Crippen molar-refractivity contribution in [2.45, 2.75) is 51.1 Å². The lowest BCUT2D eigenvalue weighted by Gasteiger charge is -2.26. The lowest BCUT2D eigenvalue weighted by molar-refractivity contribution is -0.344. The molecule has 0 radical (unpaired) electrons. The highest BCUT2D eigenvalue weighted by atomic mass is 35.5. The lowest BCUT2D eigenvalue weighted by Crippen LogP contribution is -2.58. The number of nitrogens with zero attached hydrogens (tertiary/aromatic N) is 1. The second-order valence-electron chi connectivity index (χ2n) is 7.72. The molecule has 1 heterocycles. The topological polar surface area (TPSA) is 83.7 Å². The molecule has 6 nitrogen and oxygen atoms in total. The first-order valence-corrected chi connectivity index (χ1v) is 10.4. The number of amides is 2. The summed E-state index contributed by atoms with van der Waals surface area (Å²) in [4.78, 5) is 24.3. The largest absolute Gasteiger partial charge is 0.460 e. The van der Waals surface area contributed by atoms with Crippen molar-refractivity contribution in [1.82, 2.24) is 5.43 Å². The van der Waals surface area contributed by atoms with Gasteiger partial charge in [-0.05, 0) is 44.4 Å². The molecule has 0 saturated heterocycles. The molecule has 0 atom stereocenters. The Labute approximate surface area is 198 Å². The summed E-state index contributed by atoms with van der Waals surface area (Å²) in [7, 11) is 0. The molecular weight excluding hydrogens is 511 g/mol. The number of halogens is 8. The van der Waals surface area contributed by atoms with E-state index in [-0.39, 0.29) is 34.8 Å². The van der Waals surface area contributed by atoms with Crippen molar-refractivity contribution in [1.29, 1.82) is 0 Å². The molecule has 0 spiro atoms. The van der Waals surface area contributed by atoms with Gasteiger partial charge in [0, 0.05) is 28.3 Å². The van der Waals surface area contributed by atoms with Crippen molar-refractivity contribution in [3.63, 3.8) is 0 Å². The van der Waals surface area contributed by atoms with Crippen molar-refractivity contribution in [2.75, 3.05) is 5.32 Å². The first kappa shape index (κ1) is 26.5. The van der Waals surface area contributed by atoms with Crippen LogP contribution in [-0.4, -0.2) is 35.5 Å². The van der Waals surface area contributed by atoms with Gasteiger partial charge in [-0.15, -0.1) is 0 Å². The third kappa shape index (κ3) is 4.73. The fourth-order valence-corrected chi connectivity index (χ4v) is 3.60. The van der Waals surface area contributed by atoms with Crippen LogP contribution >= 0.6 is 11.6 Å². The van der Waals surface area contributed by atoms with Crippen LogP contribution in [0.1, 0.15) is 45.8 Å². The van der Waals surface area contributed by atoms with Gasteiger partial charge >= 0.3 is 23.9 Å². The van der Waals surface area contributed by atoms with Crippen molar-refractivity contribution >= 4 is 34.8 Å². The summed E-state index contributed by atoms with van der Waals surface area (Å²) in [5.41, 5.74) is 2.32. The van der Waals surface area contributed by atoms with Gasteiger partial charge in [0.2, 0.25) is 0 Å². The van der Waals surface area contributed by atoms with Crippen LogP contribution < -0.4 is 10.7 Å². The highest BCUT2D eigenvalue weighted by Crippen LogP contribution is 2.46. The Morgan fingerprint density at radius 1 is 1.03 bits per heavy atom. The molecule has 2 N–H and O–H groups in total. The zero-order valence-electron chi connectivity index (χ0n) is 18.0. The van der Waals surface area contributed by atoms with Crippen LogP contribution in [0.25, 0.3) is 0 Å². The van der Waals surface area contributed by atoms with Crippen molar-refractivity contribution in [3.8, 4) is 0 Å². The molecule has 1 aromatic carbocycles. The first-order chi connectivity index (χ1) is 16.1. The summed E-state index contributed by atoms with van der Waals surface area (Å²) in [6.07, 6.45) is -6.00. The molecule has 0 fully saturated rings. The summed E-state index contributed by atoms with van der Waals surface area (Å²) in [5.74, 6) is -16.3. The Kier molecular flexibility index (Phi) is 6.95. The van der Waals surface area contributed by atoms with Gasteiger partial charge in [0.1, 0.15) is 5.76 Å². The van der Waals surface area contributed by atoms with Crippen LogP contribution in [0.5, 0.6) is 0 Å². The fourth-order valence-electron chi connectivity index (χ4n) is 3.43. The average molecular weight is 528 g/mol. The number of carbonyl (C=O) groups is 2. The molecule has 14 heteroatoms. The summed E-state index contributed by atoms with van der Waals surface area (Å²) in [5, 5.41) is 6.37. The van der Waals surface area contributed by atoms with Gasteiger partial charge in [-0.3, -0.25) is 9.59 Å². The zero-order chi connectivity index (χ0) is 26.3. The molecule has 1 aliphatic carbocycles. The van der Waals surface area contributed by atoms with E-state index >= 15 is 0 Å². The first-order valence-electron chi connectivity index (χ1n) is 9.98. The molecular formula is C21H17ClF7N3O3. The summed E-state index contributed by atoms with van der Waals surface area (Å²) in [6, 6.07) is 4.82. The average Bonchev–Trinajstić information content (AvgIpc) is 3.11. The molecule has 2 amide bonds. The third-order valence-electron chi connectivity index (χ3n) is 5.38. The Morgan fingerprint density at radius 2 is 1.69 bits per heavy atom. The molecule has 0 aliphatic heterocycles. The molecule has 190 valence electrons. The standard InChI is InChI=1S/C21H17ClF7N3O3/c1-9-11(22)5-3-6-12(9)30-17(33)16-10(2)15-13(7-4-8-14(15)35-16)31-32-18(34)19(23,24)20(25,26)21(27,28)29/h3,5-6H,4,7-8H2,1-2H3,(H,30,33)(H,32,34)/b31-13+. The van der Waals surface area contributed by atoms with E-state index in [0.29, 0.717) is 29.1 Å². The molecule has 0 saturated carbocycles. The summed E-state index contributed by atoms with van der Waals surface area (Å²) < 4.78 is 95.9. The van der Waals surface area contributed by atoms with Crippen LogP contribution in [0.2, 0.25) is 5.02 Å². The minimum absolute atomic E-state index is 0.0450. The Bertz CT molecular complexity index is 1210. The van der Waals surface area contributed by atoms with Crippen LogP contribution in [-0.2, 0) is 11.2 Å². The fraction of sp³-hybridized carbons (Fsp3) is 0.381. The normalized spacial score (nSPS) is 15.7. The van der Waals surface area contributed by atoms with Crippen molar-refractivity contribution in [2.24, 2.45) is 5.10 Å². The maximum Gasteiger partial charge on any atom is 0.460 e. The number of anilines is 1. The van der Waals surface area contributed by atoms with Crippen LogP contribution in [0.3, 0.4) is 0 Å². The molecule has 35 heavy (non-hydrogen) atoms. The number of fused-ring (bicyclic) bond motifs is 1. The van der Waals surface area contributed by atoms with E-state index in [9.17, 15) is 40.3 Å². The smallest absolute Gasteiger partial charge is 0.455 e. The van der Waals surface area contributed by atoms with Gasteiger partial charge in [-0.2, -0.15) is 35.8 Å². The third-order valence-corrected chi connectivity index (χ3v) is 5.79. The van der Waals surface area contributed by atoms with Gasteiger partial charge in [-0.25, -0.2) is 5.43 Å². The summed E-state index contributed by atoms with van der Waals surface area (Å²) >= 11 is 6.03. The van der Waals surface area contributed by atoms with Gasteiger partial charge in [0.15, 0.2) is 5.76 Å². The molecule has 0 unspecified atom stereocenters. The molecule has 0 bridgehead atoms. The van der Waals surface area contributed by atoms with Crippen molar-refractivity contribution < 1.29 is 44.7 Å². The van der Waals surface area contributed by atoms with Gasteiger partial charge in [0.05, 0.1) is 5.71 Å². The molecule has 1 aliphatic rings. The number of benzene rings is 1. The van der Waals surface area contributed by atoms with E-state index in [0.717, 1.165) is 5.43 Å². The molecule has 2 aromatic rings. The minimum atomic E-state index is -6.66. The van der Waals surface area contributed by atoms with E-state index in [1.54, 1.807) is 25.1 Å². The van der Waals surface area contributed by atoms with Crippen molar-refractivity contribution in [3.05, 3.63) is 51.4 Å². The monoisotopic (exact) mass is 527 g/mol. The van der Waals surface area contributed by atoms with E-state index in [4.69, 9.17) is 16.0 Å². The number of furan rings is 1. The maximum atomic E-state index is 13.6. The number of rotatable bonds is 5.